The Morgan fingerprint density at radius 2 is 2.11 bits per heavy atom. The van der Waals surface area contributed by atoms with Gasteiger partial charge in [-0.25, -0.2) is 18.7 Å². The van der Waals surface area contributed by atoms with Crippen LogP contribution in [0.3, 0.4) is 0 Å². The molecule has 1 saturated heterocycles. The van der Waals surface area contributed by atoms with Crippen LogP contribution in [0.2, 0.25) is 0 Å². The third kappa shape index (κ3) is 2.94. The van der Waals surface area contributed by atoms with E-state index in [4.69, 9.17) is 20.2 Å². The van der Waals surface area contributed by atoms with Crippen molar-refractivity contribution in [1.29, 1.82) is 0 Å². The van der Waals surface area contributed by atoms with Gasteiger partial charge in [0.15, 0.2) is 0 Å². The van der Waals surface area contributed by atoms with Crippen LogP contribution in [0.4, 0.5) is 14.6 Å². The van der Waals surface area contributed by atoms with Gasteiger partial charge in [-0.15, -0.1) is 0 Å². The topological polar surface area (TPSA) is 74.7 Å². The quantitative estimate of drug-likeness (QED) is 0.757. The zero-order valence-electron chi connectivity index (χ0n) is 15.1. The second kappa shape index (κ2) is 6.54. The normalized spacial score (nSPS) is 20.0. The van der Waals surface area contributed by atoms with Crippen molar-refractivity contribution in [3.05, 3.63) is 47.5 Å². The van der Waals surface area contributed by atoms with Gasteiger partial charge in [-0.1, -0.05) is 0 Å². The molecule has 3 aromatic heterocycles. The van der Waals surface area contributed by atoms with Crippen molar-refractivity contribution in [2.24, 2.45) is 0 Å². The molecule has 0 aromatic carbocycles. The zero-order chi connectivity index (χ0) is 19.2. The maximum absolute atomic E-state index is 13.6. The van der Waals surface area contributed by atoms with Crippen molar-refractivity contribution in [2.45, 2.75) is 25.4 Å². The van der Waals surface area contributed by atoms with Gasteiger partial charge in [-0.3, -0.25) is 0 Å². The molecule has 27 heavy (non-hydrogen) atoms. The number of fused-ring (bicyclic) bond motifs is 1. The van der Waals surface area contributed by atoms with Crippen LogP contribution in [0.25, 0.3) is 16.8 Å². The zero-order valence-corrected chi connectivity index (χ0v) is 15.1. The van der Waals surface area contributed by atoms with E-state index in [2.05, 4.69) is 4.98 Å². The third-order valence-electron chi connectivity index (χ3n) is 5.09. The molecule has 1 aliphatic heterocycles. The molecule has 6 nitrogen and oxygen atoms in total. The Balaban J connectivity index is 1.95. The average Bonchev–Trinajstić information content (AvgIpc) is 3.27. The average molecular weight is 374 g/mol. The molecule has 4 heterocycles. The van der Waals surface area contributed by atoms with Crippen LogP contribution in [0.1, 0.15) is 29.8 Å². The number of ether oxygens (including phenoxy) is 2. The number of alkyl halides is 2. The number of halogens is 2. The maximum Gasteiger partial charge on any atom is 0.263 e. The lowest BCUT2D eigenvalue weighted by Gasteiger charge is -2.26. The number of pyridine rings is 1. The fourth-order valence-electron chi connectivity index (χ4n) is 3.54. The van der Waals surface area contributed by atoms with Gasteiger partial charge in [-0.05, 0) is 25.1 Å². The summed E-state index contributed by atoms with van der Waals surface area (Å²) in [6, 6.07) is 6.43. The van der Waals surface area contributed by atoms with E-state index >= 15 is 0 Å². The molecular weight excluding hydrogens is 354 g/mol. The molecule has 0 unspecified atom stereocenters. The maximum atomic E-state index is 13.6. The van der Waals surface area contributed by atoms with E-state index in [9.17, 15) is 8.78 Å². The Morgan fingerprint density at radius 3 is 2.78 bits per heavy atom. The van der Waals surface area contributed by atoms with Crippen LogP contribution >= 0.6 is 0 Å². The van der Waals surface area contributed by atoms with Crippen LogP contribution in [-0.4, -0.2) is 34.7 Å². The number of hydrogen-bond donors (Lipinski definition) is 1. The van der Waals surface area contributed by atoms with Gasteiger partial charge in [0.2, 0.25) is 0 Å². The van der Waals surface area contributed by atoms with E-state index in [1.165, 1.54) is 12.1 Å². The van der Waals surface area contributed by atoms with Crippen LogP contribution in [0.5, 0.6) is 0 Å². The van der Waals surface area contributed by atoms with Gasteiger partial charge in [0.05, 0.1) is 23.5 Å². The van der Waals surface area contributed by atoms with Crippen molar-refractivity contribution < 1.29 is 18.3 Å². The summed E-state index contributed by atoms with van der Waals surface area (Å²) in [4.78, 5) is 8.78. The molecule has 0 radical (unpaired) electrons. The van der Waals surface area contributed by atoms with Crippen molar-refractivity contribution in [3.8, 4) is 11.3 Å². The minimum Gasteiger partial charge on any atom is -0.384 e. The Bertz CT molecular complexity index is 997. The van der Waals surface area contributed by atoms with Crippen molar-refractivity contribution in [2.75, 3.05) is 26.1 Å². The van der Waals surface area contributed by atoms with Gasteiger partial charge in [-0.2, -0.15) is 0 Å². The Morgan fingerprint density at radius 1 is 1.30 bits per heavy atom. The first-order chi connectivity index (χ1) is 12.9. The fraction of sp³-hybridized carbons (Fsp3) is 0.368. The van der Waals surface area contributed by atoms with E-state index in [0.717, 1.165) is 16.8 Å². The minimum atomic E-state index is -2.62. The molecule has 0 bridgehead atoms. The SMILES string of the molecule is CO[C@@]1(c2cc(C(F)F)cc(-c3cc(C)n4cnc(N)cc34)n2)CCOC1. The molecule has 1 atom stereocenters. The lowest BCUT2D eigenvalue weighted by Crippen LogP contribution is -2.30. The van der Waals surface area contributed by atoms with E-state index in [1.54, 1.807) is 19.5 Å². The Hall–Kier alpha value is -2.58. The smallest absolute Gasteiger partial charge is 0.263 e. The summed E-state index contributed by atoms with van der Waals surface area (Å²) in [6.45, 7) is 2.70. The van der Waals surface area contributed by atoms with Gasteiger partial charge in [0.25, 0.3) is 6.43 Å². The molecule has 0 amide bonds. The Kier molecular flexibility index (Phi) is 4.32. The summed E-state index contributed by atoms with van der Waals surface area (Å²) in [5.41, 5.74) is 8.20. The molecule has 142 valence electrons. The number of nitrogen functional groups attached to an aromatic ring is 1. The molecule has 4 rings (SSSR count). The molecule has 1 aliphatic rings. The summed E-state index contributed by atoms with van der Waals surface area (Å²) in [5.74, 6) is 0.352. The number of anilines is 1. The highest BCUT2D eigenvalue weighted by Gasteiger charge is 2.39. The molecule has 2 N–H and O–H groups in total. The lowest BCUT2D eigenvalue weighted by molar-refractivity contribution is -0.0247. The molecule has 0 spiro atoms. The third-order valence-corrected chi connectivity index (χ3v) is 5.09. The summed E-state index contributed by atoms with van der Waals surface area (Å²) in [7, 11) is 1.55. The number of nitrogens with two attached hydrogens (primary N) is 1. The Labute approximate surface area is 154 Å². The largest absolute Gasteiger partial charge is 0.384 e. The monoisotopic (exact) mass is 374 g/mol. The summed E-state index contributed by atoms with van der Waals surface area (Å²) >= 11 is 0. The second-order valence-corrected chi connectivity index (χ2v) is 6.74. The molecular formula is C19H20F2N4O2. The summed E-state index contributed by atoms with van der Waals surface area (Å²) in [6.07, 6.45) is -0.443. The van der Waals surface area contributed by atoms with E-state index < -0.39 is 12.0 Å². The fourth-order valence-corrected chi connectivity index (χ4v) is 3.54. The van der Waals surface area contributed by atoms with E-state index in [-0.39, 0.29) is 12.2 Å². The number of rotatable bonds is 4. The van der Waals surface area contributed by atoms with Crippen LogP contribution < -0.4 is 5.73 Å². The van der Waals surface area contributed by atoms with Gasteiger partial charge >= 0.3 is 0 Å². The van der Waals surface area contributed by atoms with E-state index in [0.29, 0.717) is 30.2 Å². The number of hydrogen-bond acceptors (Lipinski definition) is 5. The number of nitrogens with zero attached hydrogens (tertiary/aromatic N) is 3. The predicted molar refractivity (Wildman–Crippen MR) is 96.7 cm³/mol. The number of aryl methyl sites for hydroxylation is 1. The minimum absolute atomic E-state index is 0.0997. The van der Waals surface area contributed by atoms with Gasteiger partial charge < -0.3 is 19.6 Å². The molecule has 1 fully saturated rings. The summed E-state index contributed by atoms with van der Waals surface area (Å²) < 4.78 is 40.2. The second-order valence-electron chi connectivity index (χ2n) is 6.74. The first-order valence-corrected chi connectivity index (χ1v) is 8.60. The molecule has 3 aromatic rings. The highest BCUT2D eigenvalue weighted by molar-refractivity contribution is 5.81. The van der Waals surface area contributed by atoms with Crippen molar-refractivity contribution >= 4 is 11.3 Å². The highest BCUT2D eigenvalue weighted by Crippen LogP contribution is 2.37. The standard InChI is InChI=1S/C19H20F2N4O2/c1-11-5-13(15-8-17(22)23-10-25(11)15)14-6-12(18(20)21)7-16(24-14)19(26-2)3-4-27-9-19/h5-8,10,18H,3-4,9,22H2,1-2H3/t19-/m0/s1. The highest BCUT2D eigenvalue weighted by atomic mass is 19.3. The van der Waals surface area contributed by atoms with E-state index in [1.807, 2.05) is 17.4 Å². The van der Waals surface area contributed by atoms with Crippen LogP contribution in [0, 0.1) is 6.92 Å². The molecule has 0 aliphatic carbocycles. The number of aromatic nitrogens is 3. The predicted octanol–water partition coefficient (Wildman–Crippen LogP) is 3.49. The van der Waals surface area contributed by atoms with Crippen LogP contribution in [0.15, 0.2) is 30.6 Å². The van der Waals surface area contributed by atoms with Crippen molar-refractivity contribution in [1.82, 2.24) is 14.4 Å². The first kappa shape index (κ1) is 17.8. The van der Waals surface area contributed by atoms with Gasteiger partial charge in [0, 0.05) is 43.0 Å². The first-order valence-electron chi connectivity index (χ1n) is 8.60. The molecule has 0 saturated carbocycles. The van der Waals surface area contributed by atoms with Gasteiger partial charge in [0.1, 0.15) is 17.7 Å². The summed E-state index contributed by atoms with van der Waals surface area (Å²) in [5, 5.41) is 0. The van der Waals surface area contributed by atoms with Crippen molar-refractivity contribution in [3.63, 3.8) is 0 Å². The molecule has 8 heteroatoms. The lowest BCUT2D eigenvalue weighted by atomic mass is 9.95. The number of methoxy groups -OCH3 is 1. The van der Waals surface area contributed by atoms with Crippen LogP contribution in [-0.2, 0) is 15.1 Å².